The lowest BCUT2D eigenvalue weighted by atomic mass is 10.2. The van der Waals surface area contributed by atoms with Crippen molar-refractivity contribution in [2.45, 2.75) is 32.8 Å². The number of carbonyl (C=O) groups is 1. The molecule has 0 saturated carbocycles. The smallest absolute Gasteiger partial charge is 0.410 e. The molecule has 1 aliphatic rings. The molecule has 0 unspecified atom stereocenters. The minimum absolute atomic E-state index is 0.201. The number of hydrogen-bond acceptors (Lipinski definition) is 4. The van der Waals surface area contributed by atoms with Gasteiger partial charge in [0, 0.05) is 26.2 Å². The molecule has 1 amide bonds. The molecule has 0 radical (unpaired) electrons. The monoisotopic (exact) mass is 281 g/mol. The molecular formula is C15H27N3O2. The lowest BCUT2D eigenvalue weighted by molar-refractivity contribution is 0.0145. The molecule has 20 heavy (non-hydrogen) atoms. The minimum atomic E-state index is -0.420. The molecule has 5 heteroatoms. The Bertz CT molecular complexity index is 336. The van der Waals surface area contributed by atoms with Crippen LogP contribution in [-0.2, 0) is 4.74 Å². The van der Waals surface area contributed by atoms with Gasteiger partial charge in [0.15, 0.2) is 0 Å². The van der Waals surface area contributed by atoms with E-state index in [0.29, 0.717) is 6.54 Å². The van der Waals surface area contributed by atoms with Gasteiger partial charge in [0.25, 0.3) is 0 Å². The van der Waals surface area contributed by atoms with Crippen molar-refractivity contribution >= 4 is 6.09 Å². The second kappa shape index (κ2) is 8.13. The van der Waals surface area contributed by atoms with Crippen LogP contribution in [0.1, 0.15) is 27.2 Å². The third-order valence-corrected chi connectivity index (χ3v) is 3.08. The van der Waals surface area contributed by atoms with E-state index in [1.807, 2.05) is 20.8 Å². The molecule has 0 spiro atoms. The van der Waals surface area contributed by atoms with Gasteiger partial charge < -0.3 is 15.0 Å². The van der Waals surface area contributed by atoms with E-state index < -0.39 is 5.60 Å². The van der Waals surface area contributed by atoms with Crippen LogP contribution in [0.5, 0.6) is 0 Å². The molecule has 0 aromatic carbocycles. The maximum absolute atomic E-state index is 11.9. The maximum atomic E-state index is 11.9. The Labute approximate surface area is 122 Å². The predicted molar refractivity (Wildman–Crippen MR) is 80.6 cm³/mol. The third-order valence-electron chi connectivity index (χ3n) is 3.08. The molecule has 0 atom stereocenters. The number of terminal acetylenes is 1. The first-order valence-electron chi connectivity index (χ1n) is 7.27. The summed E-state index contributed by atoms with van der Waals surface area (Å²) in [6, 6.07) is 0. The maximum Gasteiger partial charge on any atom is 0.410 e. The second-order valence-electron chi connectivity index (χ2n) is 6.04. The van der Waals surface area contributed by atoms with E-state index >= 15 is 0 Å². The van der Waals surface area contributed by atoms with Crippen LogP contribution in [0.4, 0.5) is 4.79 Å². The summed E-state index contributed by atoms with van der Waals surface area (Å²) in [6.07, 6.45) is 6.05. The average molecular weight is 281 g/mol. The van der Waals surface area contributed by atoms with Crippen LogP contribution in [0.2, 0.25) is 0 Å². The number of nitrogens with one attached hydrogen (secondary N) is 1. The summed E-state index contributed by atoms with van der Waals surface area (Å²) in [5.41, 5.74) is -0.420. The van der Waals surface area contributed by atoms with Gasteiger partial charge in [-0.2, -0.15) is 0 Å². The molecule has 5 nitrogen and oxygen atoms in total. The largest absolute Gasteiger partial charge is 0.444 e. The van der Waals surface area contributed by atoms with Gasteiger partial charge in [-0.25, -0.2) is 4.79 Å². The van der Waals surface area contributed by atoms with Crippen molar-refractivity contribution in [2.24, 2.45) is 0 Å². The van der Waals surface area contributed by atoms with Crippen LogP contribution in [0.25, 0.3) is 0 Å². The van der Waals surface area contributed by atoms with Crippen molar-refractivity contribution in [1.29, 1.82) is 0 Å². The molecule has 0 aliphatic carbocycles. The van der Waals surface area contributed by atoms with Crippen LogP contribution < -0.4 is 5.32 Å². The molecular weight excluding hydrogens is 254 g/mol. The Morgan fingerprint density at radius 1 is 1.30 bits per heavy atom. The molecule has 1 heterocycles. The number of carbonyl (C=O) groups excluding carboxylic acids is 1. The van der Waals surface area contributed by atoms with Gasteiger partial charge in [-0.1, -0.05) is 5.92 Å². The molecule has 1 aliphatic heterocycles. The summed E-state index contributed by atoms with van der Waals surface area (Å²) < 4.78 is 5.38. The molecule has 0 aromatic rings. The van der Waals surface area contributed by atoms with Gasteiger partial charge in [-0.3, -0.25) is 4.90 Å². The Balaban J connectivity index is 2.17. The van der Waals surface area contributed by atoms with Crippen molar-refractivity contribution < 1.29 is 9.53 Å². The highest BCUT2D eigenvalue weighted by atomic mass is 16.6. The summed E-state index contributed by atoms with van der Waals surface area (Å²) in [6.45, 7) is 11.6. The lowest BCUT2D eigenvalue weighted by Crippen LogP contribution is -2.50. The Hall–Kier alpha value is -1.25. The summed E-state index contributed by atoms with van der Waals surface area (Å²) in [5, 5.41) is 3.18. The zero-order valence-electron chi connectivity index (χ0n) is 12.9. The quantitative estimate of drug-likeness (QED) is 0.606. The highest BCUT2D eigenvalue weighted by molar-refractivity contribution is 5.68. The highest BCUT2D eigenvalue weighted by Gasteiger charge is 2.25. The first kappa shape index (κ1) is 16.8. The molecule has 114 valence electrons. The zero-order chi connectivity index (χ0) is 15.0. The fourth-order valence-corrected chi connectivity index (χ4v) is 2.07. The van der Waals surface area contributed by atoms with E-state index in [0.717, 1.165) is 45.7 Å². The van der Waals surface area contributed by atoms with E-state index in [1.54, 1.807) is 4.90 Å². The number of amides is 1. The van der Waals surface area contributed by atoms with Crippen molar-refractivity contribution in [2.75, 3.05) is 45.8 Å². The SMILES string of the molecule is C#CCNCCCN1CCN(C(=O)OC(C)(C)C)CC1. The highest BCUT2D eigenvalue weighted by Crippen LogP contribution is 2.11. The fraction of sp³-hybridized carbons (Fsp3) is 0.800. The lowest BCUT2D eigenvalue weighted by Gasteiger charge is -2.35. The van der Waals surface area contributed by atoms with E-state index in [-0.39, 0.29) is 6.09 Å². The average Bonchev–Trinajstić information content (AvgIpc) is 2.37. The molecule has 1 rings (SSSR count). The Morgan fingerprint density at radius 2 is 1.95 bits per heavy atom. The van der Waals surface area contributed by atoms with Gasteiger partial charge in [-0.15, -0.1) is 6.42 Å². The number of hydrogen-bond donors (Lipinski definition) is 1. The first-order chi connectivity index (χ1) is 9.42. The van der Waals surface area contributed by atoms with Gasteiger partial charge in [-0.05, 0) is 40.3 Å². The van der Waals surface area contributed by atoms with Crippen molar-refractivity contribution in [3.8, 4) is 12.3 Å². The molecule has 1 fully saturated rings. The number of rotatable bonds is 5. The Kier molecular flexibility index (Phi) is 6.83. The van der Waals surface area contributed by atoms with Crippen molar-refractivity contribution in [1.82, 2.24) is 15.1 Å². The summed E-state index contributed by atoms with van der Waals surface area (Å²) in [5.74, 6) is 2.56. The fourth-order valence-electron chi connectivity index (χ4n) is 2.07. The Morgan fingerprint density at radius 3 is 2.50 bits per heavy atom. The van der Waals surface area contributed by atoms with Gasteiger partial charge in [0.05, 0.1) is 6.54 Å². The van der Waals surface area contributed by atoms with Gasteiger partial charge in [0.2, 0.25) is 0 Å². The summed E-state index contributed by atoms with van der Waals surface area (Å²) >= 11 is 0. The van der Waals surface area contributed by atoms with Crippen LogP contribution in [0.15, 0.2) is 0 Å². The summed E-state index contributed by atoms with van der Waals surface area (Å²) in [4.78, 5) is 16.1. The first-order valence-corrected chi connectivity index (χ1v) is 7.27. The number of nitrogens with zero attached hydrogens (tertiary/aromatic N) is 2. The number of piperazine rings is 1. The minimum Gasteiger partial charge on any atom is -0.444 e. The molecule has 0 bridgehead atoms. The van der Waals surface area contributed by atoms with Gasteiger partial charge in [0.1, 0.15) is 5.60 Å². The van der Waals surface area contributed by atoms with E-state index in [1.165, 1.54) is 0 Å². The zero-order valence-corrected chi connectivity index (χ0v) is 12.9. The molecule has 1 N–H and O–H groups in total. The molecule has 1 saturated heterocycles. The number of ether oxygens (including phenoxy) is 1. The van der Waals surface area contributed by atoms with Crippen LogP contribution >= 0.6 is 0 Å². The summed E-state index contributed by atoms with van der Waals surface area (Å²) in [7, 11) is 0. The molecule has 0 aromatic heterocycles. The standard InChI is InChI=1S/C15H27N3O2/c1-5-7-16-8-6-9-17-10-12-18(13-11-17)14(19)20-15(2,3)4/h1,16H,6-13H2,2-4H3. The van der Waals surface area contributed by atoms with Crippen LogP contribution in [0, 0.1) is 12.3 Å². The van der Waals surface area contributed by atoms with E-state index in [9.17, 15) is 4.79 Å². The van der Waals surface area contributed by atoms with E-state index in [4.69, 9.17) is 11.2 Å². The van der Waals surface area contributed by atoms with E-state index in [2.05, 4.69) is 16.1 Å². The van der Waals surface area contributed by atoms with Crippen molar-refractivity contribution in [3.63, 3.8) is 0 Å². The normalized spacial score (nSPS) is 16.8. The van der Waals surface area contributed by atoms with Gasteiger partial charge >= 0.3 is 6.09 Å². The topological polar surface area (TPSA) is 44.8 Å². The van der Waals surface area contributed by atoms with Crippen LogP contribution in [0.3, 0.4) is 0 Å². The second-order valence-corrected chi connectivity index (χ2v) is 6.04. The third kappa shape index (κ3) is 6.78. The van der Waals surface area contributed by atoms with Crippen LogP contribution in [-0.4, -0.2) is 67.3 Å². The van der Waals surface area contributed by atoms with Crippen molar-refractivity contribution in [3.05, 3.63) is 0 Å². The predicted octanol–water partition coefficient (Wildman–Crippen LogP) is 1.15.